The van der Waals surface area contributed by atoms with E-state index in [-0.39, 0.29) is 5.03 Å². The van der Waals surface area contributed by atoms with Crippen LogP contribution in [0.4, 0.5) is 0 Å². The first-order valence-corrected chi connectivity index (χ1v) is 3.30. The molecule has 0 amide bonds. The minimum atomic E-state index is -1.17. The van der Waals surface area contributed by atoms with Gasteiger partial charge >= 0.3 is 11.9 Å². The zero-order chi connectivity index (χ0) is 9.56. The fraction of sp³-hybridized carbons (Fsp3) is 0.143. The summed E-state index contributed by atoms with van der Waals surface area (Å²) < 4.78 is 4.25. The summed E-state index contributed by atoms with van der Waals surface area (Å²) in [5, 5.41) is 8.15. The van der Waals surface area contributed by atoms with Crippen LogP contribution in [-0.4, -0.2) is 24.2 Å². The molecule has 0 unspecified atom stereocenters. The van der Waals surface area contributed by atoms with Crippen LogP contribution in [-0.2, 0) is 14.3 Å². The van der Waals surface area contributed by atoms with Gasteiger partial charge in [0.05, 0.1) is 7.11 Å². The maximum atomic E-state index is 10.5. The van der Waals surface area contributed by atoms with Crippen LogP contribution in [0.5, 0.6) is 0 Å². The van der Waals surface area contributed by atoms with Gasteiger partial charge in [-0.2, -0.15) is 0 Å². The number of aliphatic carboxylic acids is 1. The largest absolute Gasteiger partial charge is 0.478 e. The summed E-state index contributed by atoms with van der Waals surface area (Å²) in [5.41, 5.74) is 0. The maximum absolute atomic E-state index is 10.5. The molecule has 0 saturated carbocycles. The molecular formula is C7H7ClO4. The van der Waals surface area contributed by atoms with Gasteiger partial charge in [0.1, 0.15) is 0 Å². The zero-order valence-electron chi connectivity index (χ0n) is 6.28. The average molecular weight is 191 g/mol. The minimum absolute atomic E-state index is 0.0482. The lowest BCUT2D eigenvalue weighted by Crippen LogP contribution is -1.93. The van der Waals surface area contributed by atoms with E-state index in [4.69, 9.17) is 16.7 Å². The van der Waals surface area contributed by atoms with Crippen LogP contribution in [0.1, 0.15) is 0 Å². The Labute approximate surface area is 74.1 Å². The standard InChI is InChI=1S/C7H7ClO4/c1-12-7(11)3-2-5(8)4-6(9)10/h2-4H,1H3,(H,9,10)/b3-2+,5-4+. The first-order chi connectivity index (χ1) is 5.56. The number of carboxylic acid groups (broad SMARTS) is 1. The molecule has 0 saturated heterocycles. The maximum Gasteiger partial charge on any atom is 0.330 e. The molecule has 0 heterocycles. The summed E-state index contributed by atoms with van der Waals surface area (Å²) in [4.78, 5) is 20.5. The fourth-order valence-corrected chi connectivity index (χ4v) is 0.538. The number of ether oxygens (including phenoxy) is 1. The first-order valence-electron chi connectivity index (χ1n) is 2.92. The Bertz CT molecular complexity index is 242. The Morgan fingerprint density at radius 3 is 2.42 bits per heavy atom. The van der Waals surface area contributed by atoms with Crippen molar-refractivity contribution in [3.05, 3.63) is 23.3 Å². The molecule has 0 aliphatic heterocycles. The third-order valence-electron chi connectivity index (χ3n) is 0.841. The number of carbonyl (C=O) groups is 2. The number of carbonyl (C=O) groups excluding carboxylic acids is 1. The summed E-state index contributed by atoms with van der Waals surface area (Å²) in [7, 11) is 1.21. The van der Waals surface area contributed by atoms with Crippen LogP contribution in [0.3, 0.4) is 0 Å². The van der Waals surface area contributed by atoms with Gasteiger partial charge < -0.3 is 9.84 Å². The number of halogens is 1. The molecule has 12 heavy (non-hydrogen) atoms. The summed E-state index contributed by atoms with van der Waals surface area (Å²) in [6, 6.07) is 0. The monoisotopic (exact) mass is 190 g/mol. The van der Waals surface area contributed by atoms with Gasteiger partial charge in [0.15, 0.2) is 0 Å². The van der Waals surface area contributed by atoms with Crippen molar-refractivity contribution in [2.75, 3.05) is 7.11 Å². The molecule has 0 atom stereocenters. The van der Waals surface area contributed by atoms with Gasteiger partial charge in [-0.15, -0.1) is 0 Å². The SMILES string of the molecule is COC(=O)/C=C/C(Cl)=C\C(=O)O. The highest BCUT2D eigenvalue weighted by molar-refractivity contribution is 6.32. The van der Waals surface area contributed by atoms with E-state index in [9.17, 15) is 9.59 Å². The van der Waals surface area contributed by atoms with Crippen molar-refractivity contribution in [1.82, 2.24) is 0 Å². The fourth-order valence-electron chi connectivity index (χ4n) is 0.382. The van der Waals surface area contributed by atoms with E-state index in [0.29, 0.717) is 0 Å². The molecule has 0 aromatic rings. The molecule has 0 spiro atoms. The second-order valence-electron chi connectivity index (χ2n) is 1.72. The van der Waals surface area contributed by atoms with Gasteiger partial charge in [-0.25, -0.2) is 9.59 Å². The number of allylic oxidation sites excluding steroid dienone is 2. The van der Waals surface area contributed by atoms with Crippen LogP contribution < -0.4 is 0 Å². The topological polar surface area (TPSA) is 63.6 Å². The highest BCUT2D eigenvalue weighted by Gasteiger charge is 1.94. The molecule has 0 fully saturated rings. The molecule has 0 bridgehead atoms. The second kappa shape index (κ2) is 5.37. The molecule has 0 aromatic heterocycles. The van der Waals surface area contributed by atoms with E-state index in [1.807, 2.05) is 0 Å². The number of esters is 1. The lowest BCUT2D eigenvalue weighted by atomic mass is 10.4. The van der Waals surface area contributed by atoms with Crippen LogP contribution in [0.25, 0.3) is 0 Å². The molecule has 0 aliphatic carbocycles. The zero-order valence-corrected chi connectivity index (χ0v) is 7.04. The second-order valence-corrected chi connectivity index (χ2v) is 2.16. The smallest absolute Gasteiger partial charge is 0.330 e. The Balaban J connectivity index is 4.17. The van der Waals surface area contributed by atoms with Crippen LogP contribution >= 0.6 is 11.6 Å². The number of rotatable bonds is 3. The number of hydrogen-bond acceptors (Lipinski definition) is 3. The van der Waals surface area contributed by atoms with Crippen molar-refractivity contribution in [3.8, 4) is 0 Å². The van der Waals surface area contributed by atoms with Gasteiger partial charge in [0.25, 0.3) is 0 Å². The number of hydrogen-bond donors (Lipinski definition) is 1. The number of carboxylic acids is 1. The van der Waals surface area contributed by atoms with Crippen molar-refractivity contribution >= 4 is 23.5 Å². The molecule has 0 aromatic carbocycles. The summed E-state index contributed by atoms with van der Waals surface area (Å²) in [5.74, 6) is -1.76. The van der Waals surface area contributed by atoms with Crippen molar-refractivity contribution < 1.29 is 19.4 Å². The highest BCUT2D eigenvalue weighted by atomic mass is 35.5. The number of methoxy groups -OCH3 is 1. The lowest BCUT2D eigenvalue weighted by Gasteiger charge is -1.88. The minimum Gasteiger partial charge on any atom is -0.478 e. The van der Waals surface area contributed by atoms with E-state index in [0.717, 1.165) is 18.2 Å². The Kier molecular flexibility index (Phi) is 4.79. The van der Waals surface area contributed by atoms with E-state index in [1.165, 1.54) is 7.11 Å². The molecule has 0 radical (unpaired) electrons. The first kappa shape index (κ1) is 10.7. The normalized spacial score (nSPS) is 11.7. The van der Waals surface area contributed by atoms with Gasteiger partial charge in [0, 0.05) is 17.2 Å². The van der Waals surface area contributed by atoms with Crippen molar-refractivity contribution in [2.24, 2.45) is 0 Å². The van der Waals surface area contributed by atoms with Crippen molar-refractivity contribution in [2.45, 2.75) is 0 Å². The van der Waals surface area contributed by atoms with Gasteiger partial charge in [-0.1, -0.05) is 11.6 Å². The molecule has 0 rings (SSSR count). The third-order valence-corrected chi connectivity index (χ3v) is 1.08. The Morgan fingerprint density at radius 1 is 1.42 bits per heavy atom. The summed E-state index contributed by atoms with van der Waals surface area (Å²) in [6.45, 7) is 0. The Hall–Kier alpha value is -1.29. The molecular weight excluding hydrogens is 184 g/mol. The van der Waals surface area contributed by atoms with Crippen molar-refractivity contribution in [3.63, 3.8) is 0 Å². The quantitative estimate of drug-likeness (QED) is 0.408. The summed E-state index contributed by atoms with van der Waals surface area (Å²) >= 11 is 5.36. The molecule has 5 heteroatoms. The molecule has 66 valence electrons. The predicted octanol–water partition coefficient (Wildman–Crippen LogP) is 0.923. The third kappa shape index (κ3) is 5.49. The van der Waals surface area contributed by atoms with E-state index >= 15 is 0 Å². The van der Waals surface area contributed by atoms with Gasteiger partial charge in [0.2, 0.25) is 0 Å². The van der Waals surface area contributed by atoms with Gasteiger partial charge in [-0.3, -0.25) is 0 Å². The average Bonchev–Trinajstić information content (AvgIpc) is 1.99. The lowest BCUT2D eigenvalue weighted by molar-refractivity contribution is -0.135. The van der Waals surface area contributed by atoms with E-state index in [1.54, 1.807) is 0 Å². The van der Waals surface area contributed by atoms with Crippen LogP contribution in [0.15, 0.2) is 23.3 Å². The molecule has 4 nitrogen and oxygen atoms in total. The van der Waals surface area contributed by atoms with E-state index in [2.05, 4.69) is 4.74 Å². The van der Waals surface area contributed by atoms with E-state index < -0.39 is 11.9 Å². The molecule has 0 aliphatic rings. The van der Waals surface area contributed by atoms with Gasteiger partial charge in [-0.05, 0) is 6.08 Å². The highest BCUT2D eigenvalue weighted by Crippen LogP contribution is 2.02. The van der Waals surface area contributed by atoms with Crippen LogP contribution in [0.2, 0.25) is 0 Å². The molecule has 1 N–H and O–H groups in total. The van der Waals surface area contributed by atoms with Crippen LogP contribution in [0, 0.1) is 0 Å². The Morgan fingerprint density at radius 2 is 2.00 bits per heavy atom. The predicted molar refractivity (Wildman–Crippen MR) is 42.7 cm³/mol. The van der Waals surface area contributed by atoms with Crippen molar-refractivity contribution in [1.29, 1.82) is 0 Å². The summed E-state index contributed by atoms with van der Waals surface area (Å²) in [6.07, 6.45) is 2.93.